The lowest BCUT2D eigenvalue weighted by atomic mass is 9.81. The minimum absolute atomic E-state index is 0.0557. The van der Waals surface area contributed by atoms with Crippen molar-refractivity contribution in [3.8, 4) is 5.19 Å². The predicted octanol–water partition coefficient (Wildman–Crippen LogP) is 4.84. The van der Waals surface area contributed by atoms with Gasteiger partial charge in [0, 0.05) is 61.2 Å². The molecule has 2 aromatic heterocycles. The smallest absolute Gasteiger partial charge is 0.422 e. The summed E-state index contributed by atoms with van der Waals surface area (Å²) in [6, 6.07) is 5.38. The van der Waals surface area contributed by atoms with Crippen LogP contribution in [0.1, 0.15) is 53.0 Å². The number of alkyl halides is 4. The molecule has 0 saturated heterocycles. The number of aromatic nitrogens is 3. The summed E-state index contributed by atoms with van der Waals surface area (Å²) < 4.78 is 59.3. The molecule has 0 atom stereocenters. The molecule has 1 amide bonds. The van der Waals surface area contributed by atoms with Gasteiger partial charge < -0.3 is 15.0 Å². The Balaban J connectivity index is 1.06. The highest BCUT2D eigenvalue weighted by molar-refractivity contribution is 7.13. The van der Waals surface area contributed by atoms with Crippen molar-refractivity contribution in [2.24, 2.45) is 7.05 Å². The van der Waals surface area contributed by atoms with E-state index in [1.54, 1.807) is 16.8 Å². The third-order valence-electron chi connectivity index (χ3n) is 7.41. The molecule has 12 heteroatoms. The number of ether oxygens (including phenoxy) is 1. The van der Waals surface area contributed by atoms with Crippen LogP contribution < -0.4 is 10.1 Å². The number of nitrogens with zero attached hydrogens (tertiary/aromatic N) is 4. The van der Waals surface area contributed by atoms with Gasteiger partial charge in [-0.05, 0) is 50.7 Å². The Morgan fingerprint density at radius 3 is 2.76 bits per heavy atom. The van der Waals surface area contributed by atoms with E-state index in [2.05, 4.69) is 20.3 Å². The highest BCUT2D eigenvalue weighted by atomic mass is 32.1. The van der Waals surface area contributed by atoms with Gasteiger partial charge in [-0.3, -0.25) is 9.48 Å². The van der Waals surface area contributed by atoms with E-state index < -0.39 is 18.5 Å². The van der Waals surface area contributed by atoms with Crippen molar-refractivity contribution < 1.29 is 27.1 Å². The summed E-state index contributed by atoms with van der Waals surface area (Å²) >= 11 is 1.17. The number of halogens is 4. The number of nitrogens with one attached hydrogen (secondary N) is 1. The number of hydrogen-bond acceptors (Lipinski definition) is 6. The average molecular weight is 554 g/mol. The van der Waals surface area contributed by atoms with Gasteiger partial charge in [-0.1, -0.05) is 17.4 Å². The van der Waals surface area contributed by atoms with Crippen LogP contribution in [-0.2, 0) is 19.9 Å². The van der Waals surface area contributed by atoms with Gasteiger partial charge in [0.25, 0.3) is 11.1 Å². The molecule has 38 heavy (non-hydrogen) atoms. The normalized spacial score (nSPS) is 22.7. The number of aryl methyl sites for hydroxylation is 1. The van der Waals surface area contributed by atoms with E-state index in [1.165, 1.54) is 11.3 Å². The molecule has 1 aliphatic heterocycles. The lowest BCUT2D eigenvalue weighted by molar-refractivity contribution is -0.153. The van der Waals surface area contributed by atoms with E-state index >= 15 is 4.39 Å². The number of rotatable bonds is 7. The van der Waals surface area contributed by atoms with Crippen LogP contribution in [0.25, 0.3) is 10.9 Å². The summed E-state index contributed by atoms with van der Waals surface area (Å²) in [6.45, 7) is 0.674. The number of fused-ring (bicyclic) bond motifs is 2. The van der Waals surface area contributed by atoms with E-state index in [-0.39, 0.29) is 17.1 Å². The molecule has 0 bridgehead atoms. The van der Waals surface area contributed by atoms with E-state index in [9.17, 15) is 18.0 Å². The summed E-state index contributed by atoms with van der Waals surface area (Å²) in [5, 5.41) is 8.44. The minimum Gasteiger partial charge on any atom is -0.460 e. The molecule has 1 N–H and O–H groups in total. The zero-order valence-corrected chi connectivity index (χ0v) is 22.0. The van der Waals surface area contributed by atoms with Crippen molar-refractivity contribution >= 4 is 28.1 Å². The first-order valence-electron chi connectivity index (χ1n) is 12.9. The van der Waals surface area contributed by atoms with Gasteiger partial charge in [0.15, 0.2) is 6.61 Å². The van der Waals surface area contributed by atoms with Gasteiger partial charge in [-0.25, -0.2) is 9.37 Å². The van der Waals surface area contributed by atoms with E-state index in [1.807, 2.05) is 19.3 Å². The number of carbonyl (C=O) groups excluding carboxylic acids is 1. The van der Waals surface area contributed by atoms with Crippen LogP contribution in [0.3, 0.4) is 0 Å². The summed E-state index contributed by atoms with van der Waals surface area (Å²) in [5.41, 5.74) is 0.836. The lowest BCUT2D eigenvalue weighted by Crippen LogP contribution is -2.43. The first-order chi connectivity index (χ1) is 18.1. The molecule has 3 aromatic rings. The molecule has 0 spiro atoms. The summed E-state index contributed by atoms with van der Waals surface area (Å²) in [5.74, 6) is -0.161. The second kappa shape index (κ2) is 10.8. The van der Waals surface area contributed by atoms with Gasteiger partial charge in [0.1, 0.15) is 5.67 Å². The first kappa shape index (κ1) is 26.9. The van der Waals surface area contributed by atoms with Crippen molar-refractivity contribution in [1.82, 2.24) is 25.0 Å². The fraction of sp³-hybridized carbons (Fsp3) is 0.577. The van der Waals surface area contributed by atoms with Gasteiger partial charge in [0.05, 0.1) is 11.2 Å². The van der Waals surface area contributed by atoms with Gasteiger partial charge in [-0.15, -0.1) is 0 Å². The Hall–Kier alpha value is -2.73. The second-order valence-corrected chi connectivity index (χ2v) is 11.4. The average Bonchev–Trinajstić information content (AvgIpc) is 3.39. The molecule has 7 nitrogen and oxygen atoms in total. The maximum atomic E-state index is 15.6. The van der Waals surface area contributed by atoms with Crippen LogP contribution in [0.2, 0.25) is 0 Å². The molecule has 1 aromatic carbocycles. The fourth-order valence-corrected chi connectivity index (χ4v) is 6.20. The topological polar surface area (TPSA) is 72.3 Å². The summed E-state index contributed by atoms with van der Waals surface area (Å²) in [7, 11) is 1.84. The molecular weight excluding hydrogens is 522 g/mol. The Labute approximate surface area is 222 Å². The molecule has 2 aliphatic rings. The molecular formula is C26H31F4N5O2S. The lowest BCUT2D eigenvalue weighted by Gasteiger charge is -2.35. The predicted molar refractivity (Wildman–Crippen MR) is 136 cm³/mol. The SMILES string of the molecule is Cn1cc2ccc(C(=O)N[C@H]3CC[C@](F)(CCN4CCc5nc(OCC(F)(F)F)sc5CC4)CC3)cc2n1. The molecule has 206 valence electrons. The van der Waals surface area contributed by atoms with E-state index in [0.29, 0.717) is 70.1 Å². The molecule has 1 saturated carbocycles. The number of hydrogen-bond donors (Lipinski definition) is 1. The van der Waals surface area contributed by atoms with Crippen LogP contribution in [0.4, 0.5) is 17.6 Å². The van der Waals surface area contributed by atoms with E-state index in [0.717, 1.165) is 21.5 Å². The highest BCUT2D eigenvalue weighted by Gasteiger charge is 2.36. The zero-order valence-electron chi connectivity index (χ0n) is 21.2. The monoisotopic (exact) mass is 553 g/mol. The van der Waals surface area contributed by atoms with Crippen molar-refractivity contribution in [3.63, 3.8) is 0 Å². The maximum Gasteiger partial charge on any atom is 0.422 e. The molecule has 5 rings (SSSR count). The standard InChI is InChI=1S/C26H31F4N5O2S/c1-34-15-18-3-2-17(14-21(18)33-34)23(36)31-19-4-8-25(27,9-5-19)10-13-35-11-6-20-22(7-12-35)38-24(32-20)37-16-26(28,29)30/h2-3,14-15,19H,4-13,16H2,1H3,(H,31,36)/t19-,25+. The van der Waals surface area contributed by atoms with Gasteiger partial charge in [0.2, 0.25) is 0 Å². The Kier molecular flexibility index (Phi) is 7.63. The van der Waals surface area contributed by atoms with Crippen molar-refractivity contribution in [2.45, 2.75) is 62.8 Å². The van der Waals surface area contributed by atoms with Crippen LogP contribution in [0.15, 0.2) is 24.4 Å². The van der Waals surface area contributed by atoms with Crippen LogP contribution in [0.5, 0.6) is 5.19 Å². The largest absolute Gasteiger partial charge is 0.460 e. The van der Waals surface area contributed by atoms with Gasteiger partial charge in [-0.2, -0.15) is 18.3 Å². The summed E-state index contributed by atoms with van der Waals surface area (Å²) in [4.78, 5) is 20.1. The van der Waals surface area contributed by atoms with Crippen LogP contribution in [0, 0.1) is 0 Å². The Morgan fingerprint density at radius 2 is 2.00 bits per heavy atom. The minimum atomic E-state index is -4.39. The van der Waals surface area contributed by atoms with Crippen molar-refractivity contribution in [2.75, 3.05) is 26.2 Å². The quantitative estimate of drug-likeness (QED) is 0.424. The number of amides is 1. The van der Waals surface area contributed by atoms with Crippen LogP contribution in [-0.4, -0.2) is 69.7 Å². The fourth-order valence-electron chi connectivity index (χ4n) is 5.25. The molecule has 3 heterocycles. The molecule has 0 radical (unpaired) electrons. The van der Waals surface area contributed by atoms with Crippen molar-refractivity contribution in [1.29, 1.82) is 0 Å². The van der Waals surface area contributed by atoms with Crippen molar-refractivity contribution in [3.05, 3.63) is 40.5 Å². The number of thiazole rings is 1. The summed E-state index contributed by atoms with van der Waals surface area (Å²) in [6.07, 6.45) is 1.20. The Bertz CT molecular complexity index is 1260. The third-order valence-corrected chi connectivity index (χ3v) is 8.48. The van der Waals surface area contributed by atoms with Crippen LogP contribution >= 0.6 is 11.3 Å². The zero-order chi connectivity index (χ0) is 26.9. The number of benzene rings is 1. The maximum absolute atomic E-state index is 15.6. The second-order valence-electron chi connectivity index (χ2n) is 10.3. The molecule has 0 unspecified atom stereocenters. The van der Waals surface area contributed by atoms with Gasteiger partial charge >= 0.3 is 6.18 Å². The number of carbonyl (C=O) groups is 1. The Morgan fingerprint density at radius 1 is 1.24 bits per heavy atom. The molecule has 1 aliphatic carbocycles. The third kappa shape index (κ3) is 6.63. The van der Waals surface area contributed by atoms with E-state index in [4.69, 9.17) is 4.74 Å². The highest BCUT2D eigenvalue weighted by Crippen LogP contribution is 2.36. The first-order valence-corrected chi connectivity index (χ1v) is 13.7. The molecule has 1 fully saturated rings.